The van der Waals surface area contributed by atoms with Gasteiger partial charge in [0, 0.05) is 34.8 Å². The first kappa shape index (κ1) is 17.0. The van der Waals surface area contributed by atoms with Crippen LogP contribution in [-0.4, -0.2) is 15.9 Å². The number of nitrogens with one attached hydrogen (secondary N) is 1. The number of benzene rings is 2. The number of Topliss-reactive ketones (excluding diaryl/α,β-unsaturated/α-hetero) is 1. The lowest BCUT2D eigenvalue weighted by Crippen LogP contribution is -2.33. The Morgan fingerprint density at radius 1 is 1.11 bits per heavy atom. The van der Waals surface area contributed by atoms with Crippen LogP contribution in [0.4, 0.5) is 5.69 Å². The second-order valence-corrected chi connectivity index (χ2v) is 8.56. The summed E-state index contributed by atoms with van der Waals surface area (Å²) in [6.45, 7) is 4.31. The van der Waals surface area contributed by atoms with Crippen LogP contribution in [0.15, 0.2) is 60.3 Å². The van der Waals surface area contributed by atoms with Gasteiger partial charge in [-0.3, -0.25) is 9.78 Å². The molecule has 4 nitrogen and oxygen atoms in total. The third kappa shape index (κ3) is 2.60. The molecular weight excluding hydrogens is 348 g/mol. The number of aromatic nitrogens is 1. The van der Waals surface area contributed by atoms with E-state index in [1.54, 1.807) is 18.3 Å². The van der Waals surface area contributed by atoms with Crippen LogP contribution in [0.25, 0.3) is 16.5 Å². The van der Waals surface area contributed by atoms with Crippen molar-refractivity contribution in [3.05, 3.63) is 71.4 Å². The number of nitrogens with zero attached hydrogens (tertiary/aromatic N) is 1. The first-order chi connectivity index (χ1) is 13.4. The molecule has 2 N–H and O–H groups in total. The van der Waals surface area contributed by atoms with Crippen molar-refractivity contribution in [1.82, 2.24) is 4.98 Å². The molecule has 2 aliphatic rings. The Morgan fingerprint density at radius 3 is 2.79 bits per heavy atom. The second-order valence-electron chi connectivity index (χ2n) is 8.56. The van der Waals surface area contributed by atoms with Crippen molar-refractivity contribution in [2.45, 2.75) is 32.7 Å². The Kier molecular flexibility index (Phi) is 3.60. The molecule has 28 heavy (non-hydrogen) atoms. The highest BCUT2D eigenvalue weighted by atomic mass is 16.3. The minimum atomic E-state index is -0.257. The average molecular weight is 370 g/mol. The molecule has 2 aromatic carbocycles. The molecule has 0 saturated carbocycles. The fraction of sp³-hybridized carbons (Fsp3) is 0.250. The Balaban J connectivity index is 1.81. The molecule has 2 heterocycles. The largest absolute Gasteiger partial charge is 0.508 e. The van der Waals surface area contributed by atoms with Crippen LogP contribution in [0, 0.1) is 5.41 Å². The van der Waals surface area contributed by atoms with E-state index in [-0.39, 0.29) is 23.0 Å². The van der Waals surface area contributed by atoms with Gasteiger partial charge in [0.05, 0.1) is 11.6 Å². The van der Waals surface area contributed by atoms with Gasteiger partial charge in [0.2, 0.25) is 0 Å². The van der Waals surface area contributed by atoms with Crippen molar-refractivity contribution in [2.24, 2.45) is 5.41 Å². The van der Waals surface area contributed by atoms with E-state index >= 15 is 0 Å². The molecule has 140 valence electrons. The van der Waals surface area contributed by atoms with E-state index in [0.717, 1.165) is 45.3 Å². The molecular formula is C24H22N2O2. The van der Waals surface area contributed by atoms with E-state index < -0.39 is 0 Å². The van der Waals surface area contributed by atoms with Crippen molar-refractivity contribution < 1.29 is 9.90 Å². The highest BCUT2D eigenvalue weighted by Gasteiger charge is 2.40. The van der Waals surface area contributed by atoms with E-state index in [1.807, 2.05) is 24.3 Å². The number of phenols is 1. The molecule has 0 saturated heterocycles. The maximum Gasteiger partial charge on any atom is 0.162 e. The molecule has 5 rings (SSSR count). The molecule has 0 bridgehead atoms. The minimum Gasteiger partial charge on any atom is -0.508 e. The number of hydrogen-bond acceptors (Lipinski definition) is 4. The van der Waals surface area contributed by atoms with E-state index in [2.05, 4.69) is 36.3 Å². The predicted octanol–water partition coefficient (Wildman–Crippen LogP) is 5.25. The predicted molar refractivity (Wildman–Crippen MR) is 111 cm³/mol. The van der Waals surface area contributed by atoms with Crippen molar-refractivity contribution in [3.63, 3.8) is 0 Å². The fourth-order valence-corrected chi connectivity index (χ4v) is 4.67. The standard InChI is InChI=1S/C24H22N2O2/c1-24(2)12-17-21-16-7-4-10-25-18(16)8-9-19(21)26-23(22(17)20(28)13-24)14-5-3-6-15(27)11-14/h3-11,23,26-27H,12-13H2,1-2H3/t23-/m1/s1. The van der Waals surface area contributed by atoms with E-state index in [9.17, 15) is 9.90 Å². The van der Waals surface area contributed by atoms with Gasteiger partial charge in [-0.05, 0) is 53.3 Å². The SMILES string of the molecule is CC1(C)CC(=O)C2=C(C1)c1c(ccc3ncccc13)N[C@@H]2c1cccc(O)c1. The molecule has 0 amide bonds. The Labute approximate surface area is 163 Å². The molecule has 3 aromatic rings. The third-order valence-corrected chi connectivity index (χ3v) is 5.80. The maximum atomic E-state index is 13.3. The number of phenolic OH excluding ortho intramolecular Hbond substituents is 1. The van der Waals surface area contributed by atoms with Gasteiger partial charge < -0.3 is 10.4 Å². The monoisotopic (exact) mass is 370 g/mol. The summed E-state index contributed by atoms with van der Waals surface area (Å²) >= 11 is 0. The Hall–Kier alpha value is -3.14. The molecule has 0 spiro atoms. The zero-order valence-electron chi connectivity index (χ0n) is 16.0. The van der Waals surface area contributed by atoms with Crippen LogP contribution in [-0.2, 0) is 4.79 Å². The summed E-state index contributed by atoms with van der Waals surface area (Å²) < 4.78 is 0. The van der Waals surface area contributed by atoms with Crippen LogP contribution in [0.1, 0.15) is 43.9 Å². The Morgan fingerprint density at radius 2 is 1.96 bits per heavy atom. The number of anilines is 1. The van der Waals surface area contributed by atoms with Gasteiger partial charge in [-0.25, -0.2) is 0 Å². The second kappa shape index (κ2) is 5.93. The van der Waals surface area contributed by atoms with E-state index in [0.29, 0.717) is 6.42 Å². The molecule has 1 aromatic heterocycles. The quantitative estimate of drug-likeness (QED) is 0.614. The maximum absolute atomic E-state index is 13.3. The lowest BCUT2D eigenvalue weighted by molar-refractivity contribution is -0.118. The summed E-state index contributed by atoms with van der Waals surface area (Å²) in [4.78, 5) is 17.8. The highest BCUT2D eigenvalue weighted by Crippen LogP contribution is 2.51. The molecule has 0 unspecified atom stereocenters. The van der Waals surface area contributed by atoms with Gasteiger partial charge in [0.1, 0.15) is 5.75 Å². The lowest BCUT2D eigenvalue weighted by Gasteiger charge is -2.40. The van der Waals surface area contributed by atoms with E-state index in [1.165, 1.54) is 0 Å². The molecule has 0 radical (unpaired) electrons. The number of carbonyl (C=O) groups excluding carboxylic acids is 1. The number of rotatable bonds is 1. The molecule has 0 fully saturated rings. The molecule has 4 heteroatoms. The number of pyridine rings is 1. The summed E-state index contributed by atoms with van der Waals surface area (Å²) in [5.41, 5.74) is 5.80. The van der Waals surface area contributed by atoms with Gasteiger partial charge in [-0.2, -0.15) is 0 Å². The zero-order chi connectivity index (χ0) is 19.5. The van der Waals surface area contributed by atoms with Crippen molar-refractivity contribution in [1.29, 1.82) is 0 Å². The van der Waals surface area contributed by atoms with Crippen LogP contribution in [0.3, 0.4) is 0 Å². The first-order valence-electron chi connectivity index (χ1n) is 9.63. The number of aromatic hydroxyl groups is 1. The number of allylic oxidation sites excluding steroid dienone is 1. The van der Waals surface area contributed by atoms with Crippen LogP contribution in [0.2, 0.25) is 0 Å². The number of fused-ring (bicyclic) bond motifs is 4. The normalized spacial score (nSPS) is 20.5. The average Bonchev–Trinajstić information content (AvgIpc) is 2.66. The van der Waals surface area contributed by atoms with Crippen molar-refractivity contribution >= 4 is 27.9 Å². The number of ketones is 1. The summed E-state index contributed by atoms with van der Waals surface area (Å²) in [5, 5.41) is 14.6. The summed E-state index contributed by atoms with van der Waals surface area (Å²) in [6.07, 6.45) is 3.17. The molecule has 1 aliphatic carbocycles. The zero-order valence-corrected chi connectivity index (χ0v) is 16.0. The van der Waals surface area contributed by atoms with Gasteiger partial charge >= 0.3 is 0 Å². The molecule has 1 aliphatic heterocycles. The van der Waals surface area contributed by atoms with Gasteiger partial charge in [-0.15, -0.1) is 0 Å². The number of carbonyl (C=O) groups is 1. The van der Waals surface area contributed by atoms with Crippen molar-refractivity contribution in [3.8, 4) is 5.75 Å². The third-order valence-electron chi connectivity index (χ3n) is 5.80. The van der Waals surface area contributed by atoms with Gasteiger partial charge in [0.15, 0.2) is 5.78 Å². The lowest BCUT2D eigenvalue weighted by atomic mass is 9.68. The molecule has 1 atom stereocenters. The van der Waals surface area contributed by atoms with Crippen molar-refractivity contribution in [2.75, 3.05) is 5.32 Å². The summed E-state index contributed by atoms with van der Waals surface area (Å²) in [5.74, 6) is 0.386. The van der Waals surface area contributed by atoms with Crippen LogP contribution < -0.4 is 5.32 Å². The topological polar surface area (TPSA) is 62.2 Å². The van der Waals surface area contributed by atoms with E-state index in [4.69, 9.17) is 0 Å². The smallest absolute Gasteiger partial charge is 0.162 e. The minimum absolute atomic E-state index is 0.0850. The van der Waals surface area contributed by atoms with Gasteiger partial charge in [0.25, 0.3) is 0 Å². The number of hydrogen-bond donors (Lipinski definition) is 2. The van der Waals surface area contributed by atoms with Gasteiger partial charge in [-0.1, -0.05) is 32.0 Å². The fourth-order valence-electron chi connectivity index (χ4n) is 4.67. The first-order valence-corrected chi connectivity index (χ1v) is 9.63. The highest BCUT2D eigenvalue weighted by molar-refractivity contribution is 6.12. The summed E-state index contributed by atoms with van der Waals surface area (Å²) in [7, 11) is 0. The van der Waals surface area contributed by atoms with Crippen LogP contribution in [0.5, 0.6) is 5.75 Å². The Bertz CT molecular complexity index is 1160. The summed E-state index contributed by atoms with van der Waals surface area (Å²) in [6, 6.07) is 15.0. The van der Waals surface area contributed by atoms with Crippen LogP contribution >= 0.6 is 0 Å².